The van der Waals surface area contributed by atoms with Crippen LogP contribution in [0.4, 0.5) is 0 Å². The molecule has 30 heavy (non-hydrogen) atoms. The van der Waals surface area contributed by atoms with E-state index in [9.17, 15) is 9.59 Å². The molecule has 0 bridgehead atoms. The molecule has 8 heteroatoms. The molecule has 0 spiro atoms. The molecule has 156 valence electrons. The van der Waals surface area contributed by atoms with Crippen molar-refractivity contribution in [2.24, 2.45) is 11.5 Å². The maximum Gasteiger partial charge on any atom is 0.320 e. The zero-order valence-electron chi connectivity index (χ0n) is 16.0. The maximum absolute atomic E-state index is 10.6. The highest BCUT2D eigenvalue weighted by Gasteiger charge is 2.15. The van der Waals surface area contributed by atoms with Gasteiger partial charge >= 0.3 is 11.9 Å². The SMILES string of the molecule is N[C@@H](Cc1csc2ccccc12)C(=O)O.N[C@@H](Cc1csc2ccccc12)C(=O)O. The summed E-state index contributed by atoms with van der Waals surface area (Å²) in [4.78, 5) is 21.3. The molecular weight excluding hydrogens is 420 g/mol. The molecule has 2 aromatic heterocycles. The Bertz CT molecular complexity index is 1080. The van der Waals surface area contributed by atoms with E-state index in [0.29, 0.717) is 12.8 Å². The summed E-state index contributed by atoms with van der Waals surface area (Å²) in [5.41, 5.74) is 13.0. The van der Waals surface area contributed by atoms with Gasteiger partial charge in [0.25, 0.3) is 0 Å². The molecular formula is C22H22N2O4S2. The van der Waals surface area contributed by atoms with Crippen molar-refractivity contribution in [1.82, 2.24) is 0 Å². The zero-order chi connectivity index (χ0) is 21.7. The van der Waals surface area contributed by atoms with Crippen LogP contribution < -0.4 is 11.5 Å². The minimum Gasteiger partial charge on any atom is -0.480 e. The number of aliphatic carboxylic acids is 2. The lowest BCUT2D eigenvalue weighted by molar-refractivity contribution is -0.139. The first-order valence-corrected chi connectivity index (χ1v) is 11.0. The summed E-state index contributed by atoms with van der Waals surface area (Å²) < 4.78 is 2.34. The molecule has 2 aromatic carbocycles. The summed E-state index contributed by atoms with van der Waals surface area (Å²) in [6, 6.07) is 14.2. The monoisotopic (exact) mass is 442 g/mol. The molecule has 0 aliphatic heterocycles. The van der Waals surface area contributed by atoms with E-state index in [1.165, 1.54) is 9.40 Å². The smallest absolute Gasteiger partial charge is 0.320 e. The van der Waals surface area contributed by atoms with Crippen molar-refractivity contribution in [2.75, 3.05) is 0 Å². The van der Waals surface area contributed by atoms with Gasteiger partial charge in [0.2, 0.25) is 0 Å². The molecule has 2 heterocycles. The number of carboxylic acid groups (broad SMARTS) is 2. The Labute approximate surface area is 181 Å². The molecule has 6 nitrogen and oxygen atoms in total. The van der Waals surface area contributed by atoms with Crippen molar-refractivity contribution in [3.8, 4) is 0 Å². The van der Waals surface area contributed by atoms with Gasteiger partial charge in [0, 0.05) is 9.40 Å². The van der Waals surface area contributed by atoms with Crippen molar-refractivity contribution in [3.63, 3.8) is 0 Å². The molecule has 0 aliphatic rings. The first-order chi connectivity index (χ1) is 14.4. The van der Waals surface area contributed by atoms with Crippen LogP contribution in [0.25, 0.3) is 20.2 Å². The third-order valence-corrected chi connectivity index (χ3v) is 6.66. The van der Waals surface area contributed by atoms with Gasteiger partial charge in [-0.05, 0) is 57.6 Å². The van der Waals surface area contributed by atoms with Gasteiger partial charge in [0.05, 0.1) is 0 Å². The fourth-order valence-electron chi connectivity index (χ4n) is 3.03. The van der Waals surface area contributed by atoms with Crippen molar-refractivity contribution in [1.29, 1.82) is 0 Å². The standard InChI is InChI=1S/2C11H11NO2S/c2*12-9(11(13)14)5-7-6-15-10-4-2-1-3-8(7)10/h2*1-4,6,9H,5,12H2,(H,13,14)/t2*9-/m00/s1. The number of carbonyl (C=O) groups is 2. The van der Waals surface area contributed by atoms with E-state index in [1.54, 1.807) is 22.7 Å². The average molecular weight is 443 g/mol. The van der Waals surface area contributed by atoms with Gasteiger partial charge in [-0.25, -0.2) is 0 Å². The largest absolute Gasteiger partial charge is 0.480 e. The molecule has 0 unspecified atom stereocenters. The molecule has 0 saturated heterocycles. The van der Waals surface area contributed by atoms with Crippen LogP contribution in [0.3, 0.4) is 0 Å². The van der Waals surface area contributed by atoms with Gasteiger partial charge in [-0.15, -0.1) is 22.7 Å². The topological polar surface area (TPSA) is 127 Å². The van der Waals surface area contributed by atoms with Crippen LogP contribution in [0.2, 0.25) is 0 Å². The van der Waals surface area contributed by atoms with Crippen molar-refractivity contribution >= 4 is 54.8 Å². The Morgan fingerprint density at radius 1 is 0.733 bits per heavy atom. The molecule has 0 fully saturated rings. The van der Waals surface area contributed by atoms with Gasteiger partial charge in [-0.3, -0.25) is 9.59 Å². The van der Waals surface area contributed by atoms with E-state index in [1.807, 2.05) is 59.3 Å². The molecule has 0 saturated carbocycles. The second-order valence-corrected chi connectivity index (χ2v) is 8.63. The van der Waals surface area contributed by atoms with Gasteiger partial charge in [-0.2, -0.15) is 0 Å². The highest BCUT2D eigenvalue weighted by Crippen LogP contribution is 2.27. The van der Waals surface area contributed by atoms with Crippen LogP contribution in [-0.4, -0.2) is 34.2 Å². The van der Waals surface area contributed by atoms with Gasteiger partial charge in [0.15, 0.2) is 0 Å². The number of fused-ring (bicyclic) bond motifs is 2. The third kappa shape index (κ3) is 5.22. The predicted molar refractivity (Wildman–Crippen MR) is 122 cm³/mol. The number of thiophene rings is 2. The number of nitrogens with two attached hydrogens (primary N) is 2. The summed E-state index contributed by atoms with van der Waals surface area (Å²) >= 11 is 3.24. The number of rotatable bonds is 6. The van der Waals surface area contributed by atoms with Crippen LogP contribution in [0.1, 0.15) is 11.1 Å². The van der Waals surface area contributed by atoms with Gasteiger partial charge < -0.3 is 21.7 Å². The minimum atomic E-state index is -0.953. The van der Waals surface area contributed by atoms with Crippen molar-refractivity contribution in [2.45, 2.75) is 24.9 Å². The summed E-state index contributed by atoms with van der Waals surface area (Å²) in [6.07, 6.45) is 0.776. The summed E-state index contributed by atoms with van der Waals surface area (Å²) in [5.74, 6) is -1.91. The highest BCUT2D eigenvalue weighted by molar-refractivity contribution is 7.17. The number of benzene rings is 2. The number of hydrogen-bond donors (Lipinski definition) is 4. The Kier molecular flexibility index (Phi) is 7.17. The highest BCUT2D eigenvalue weighted by atomic mass is 32.1. The molecule has 2 atom stereocenters. The molecule has 4 aromatic rings. The van der Waals surface area contributed by atoms with Crippen LogP contribution in [0.5, 0.6) is 0 Å². The van der Waals surface area contributed by atoms with E-state index in [4.69, 9.17) is 21.7 Å². The lowest BCUT2D eigenvalue weighted by Crippen LogP contribution is -2.32. The summed E-state index contributed by atoms with van der Waals surface area (Å²) in [5, 5.41) is 23.6. The second kappa shape index (κ2) is 9.82. The van der Waals surface area contributed by atoms with Gasteiger partial charge in [-0.1, -0.05) is 36.4 Å². The van der Waals surface area contributed by atoms with Crippen LogP contribution >= 0.6 is 22.7 Å². The second-order valence-electron chi connectivity index (χ2n) is 6.81. The van der Waals surface area contributed by atoms with Crippen LogP contribution in [0.15, 0.2) is 59.3 Å². The van der Waals surface area contributed by atoms with E-state index in [2.05, 4.69) is 0 Å². The molecule has 4 rings (SSSR count). The van der Waals surface area contributed by atoms with Crippen LogP contribution in [-0.2, 0) is 22.4 Å². The van der Waals surface area contributed by atoms with Gasteiger partial charge in [0.1, 0.15) is 12.1 Å². The Morgan fingerprint density at radius 2 is 1.10 bits per heavy atom. The normalized spacial score (nSPS) is 12.9. The molecule has 0 amide bonds. The maximum atomic E-state index is 10.6. The first kappa shape index (κ1) is 21.9. The lowest BCUT2D eigenvalue weighted by atomic mass is 10.1. The Morgan fingerprint density at radius 3 is 1.47 bits per heavy atom. The number of hydrogen-bond acceptors (Lipinski definition) is 6. The zero-order valence-corrected chi connectivity index (χ0v) is 17.7. The Balaban J connectivity index is 0.000000171. The summed E-state index contributed by atoms with van der Waals surface area (Å²) in [7, 11) is 0. The fraction of sp³-hybridized carbons (Fsp3) is 0.182. The number of carboxylic acids is 2. The molecule has 6 N–H and O–H groups in total. The quantitative estimate of drug-likeness (QED) is 0.361. The Hall–Kier alpha value is -2.78. The van der Waals surface area contributed by atoms with Crippen molar-refractivity contribution in [3.05, 3.63) is 70.4 Å². The lowest BCUT2D eigenvalue weighted by Gasteiger charge is -2.04. The minimum absolute atomic E-state index is 0.388. The van der Waals surface area contributed by atoms with E-state index < -0.39 is 24.0 Å². The van der Waals surface area contributed by atoms with E-state index in [-0.39, 0.29) is 0 Å². The molecule has 0 radical (unpaired) electrons. The van der Waals surface area contributed by atoms with E-state index in [0.717, 1.165) is 21.9 Å². The predicted octanol–water partition coefficient (Wildman–Crippen LogP) is 3.71. The molecule has 0 aliphatic carbocycles. The van der Waals surface area contributed by atoms with Crippen LogP contribution in [0, 0.1) is 0 Å². The first-order valence-electron chi connectivity index (χ1n) is 9.23. The van der Waals surface area contributed by atoms with E-state index >= 15 is 0 Å². The summed E-state index contributed by atoms with van der Waals surface area (Å²) in [6.45, 7) is 0. The average Bonchev–Trinajstić information content (AvgIpc) is 3.33. The third-order valence-electron chi connectivity index (χ3n) is 4.64. The van der Waals surface area contributed by atoms with Crippen molar-refractivity contribution < 1.29 is 19.8 Å². The fourth-order valence-corrected chi connectivity index (χ4v) is 4.98.